The molecule has 15 heavy (non-hydrogen) atoms. The second-order valence-corrected chi connectivity index (χ2v) is 4.64. The molecule has 0 spiro atoms. The molecule has 0 unspecified atom stereocenters. The van der Waals surface area contributed by atoms with Crippen LogP contribution >= 0.6 is 0 Å². The molecular weight excluding hydrogens is 205 g/mol. The van der Waals surface area contributed by atoms with Crippen molar-refractivity contribution in [2.24, 2.45) is 11.8 Å². The Balaban J connectivity index is 2.24. The lowest BCUT2D eigenvalue weighted by Gasteiger charge is -2.30. The fourth-order valence-electron chi connectivity index (χ4n) is 1.98. The number of alkyl halides is 3. The molecular formula is C11H19F3O. The summed E-state index contributed by atoms with van der Waals surface area (Å²) in [5.41, 5.74) is 0. The van der Waals surface area contributed by atoms with E-state index in [0.717, 1.165) is 0 Å². The van der Waals surface area contributed by atoms with E-state index < -0.39 is 12.1 Å². The molecule has 0 saturated heterocycles. The molecule has 0 aromatic rings. The molecule has 1 aliphatic carbocycles. The van der Waals surface area contributed by atoms with E-state index in [1.165, 1.54) is 0 Å². The molecule has 0 atom stereocenters. The summed E-state index contributed by atoms with van der Waals surface area (Å²) in [6.45, 7) is 4.50. The summed E-state index contributed by atoms with van der Waals surface area (Å²) in [5.74, 6) is -0.751. The van der Waals surface area contributed by atoms with Gasteiger partial charge >= 0.3 is 6.18 Å². The lowest BCUT2D eigenvalue weighted by Crippen LogP contribution is -2.29. The van der Waals surface area contributed by atoms with Gasteiger partial charge in [-0.25, -0.2) is 0 Å². The minimum atomic E-state index is -4.00. The first-order valence-electron chi connectivity index (χ1n) is 5.58. The second kappa shape index (κ2) is 5.19. The fraction of sp³-hybridized carbons (Fsp3) is 1.00. The average Bonchev–Trinajstić information content (AvgIpc) is 2.14. The van der Waals surface area contributed by atoms with Crippen molar-refractivity contribution in [3.63, 3.8) is 0 Å². The molecule has 0 radical (unpaired) electrons. The third-order valence-electron chi connectivity index (χ3n) is 2.97. The molecule has 1 aliphatic rings. The standard InChI is InChI=1S/C11H19F3O/c1-8(2)15-7-9-3-5-10(6-4-9)11(12,13)14/h8-10H,3-7H2,1-2H3. The highest BCUT2D eigenvalue weighted by molar-refractivity contribution is 4.77. The summed E-state index contributed by atoms with van der Waals surface area (Å²) >= 11 is 0. The van der Waals surface area contributed by atoms with Crippen molar-refractivity contribution in [3.8, 4) is 0 Å². The molecule has 1 fully saturated rings. The molecule has 1 rings (SSSR count). The zero-order chi connectivity index (χ0) is 11.5. The number of halogens is 3. The van der Waals surface area contributed by atoms with E-state index in [4.69, 9.17) is 4.74 Å². The van der Waals surface area contributed by atoms with Crippen LogP contribution in [0.25, 0.3) is 0 Å². The van der Waals surface area contributed by atoms with E-state index in [1.54, 1.807) is 0 Å². The van der Waals surface area contributed by atoms with Gasteiger partial charge in [0.25, 0.3) is 0 Å². The van der Waals surface area contributed by atoms with Gasteiger partial charge in [0.2, 0.25) is 0 Å². The highest BCUT2D eigenvalue weighted by Crippen LogP contribution is 2.39. The molecule has 0 amide bonds. The first-order chi connectivity index (χ1) is 6.89. The Labute approximate surface area is 89.0 Å². The van der Waals surface area contributed by atoms with Crippen LogP contribution < -0.4 is 0 Å². The Hall–Kier alpha value is -0.250. The van der Waals surface area contributed by atoms with Gasteiger partial charge in [-0.05, 0) is 45.4 Å². The maximum atomic E-state index is 12.4. The van der Waals surface area contributed by atoms with Gasteiger partial charge in [-0.15, -0.1) is 0 Å². The molecule has 4 heteroatoms. The molecule has 0 bridgehead atoms. The first kappa shape index (κ1) is 12.8. The van der Waals surface area contributed by atoms with Gasteiger partial charge in [0, 0.05) is 6.61 Å². The Morgan fingerprint density at radius 3 is 2.07 bits per heavy atom. The van der Waals surface area contributed by atoms with Crippen LogP contribution in [0.5, 0.6) is 0 Å². The highest BCUT2D eigenvalue weighted by atomic mass is 19.4. The lowest BCUT2D eigenvalue weighted by molar-refractivity contribution is -0.185. The number of hydrogen-bond acceptors (Lipinski definition) is 1. The van der Waals surface area contributed by atoms with Crippen LogP contribution in [0.2, 0.25) is 0 Å². The van der Waals surface area contributed by atoms with Crippen LogP contribution in [-0.2, 0) is 4.74 Å². The SMILES string of the molecule is CC(C)OCC1CCC(C(F)(F)F)CC1. The highest BCUT2D eigenvalue weighted by Gasteiger charge is 2.41. The van der Waals surface area contributed by atoms with E-state index in [0.29, 0.717) is 25.4 Å². The largest absolute Gasteiger partial charge is 0.391 e. The quantitative estimate of drug-likeness (QED) is 0.708. The van der Waals surface area contributed by atoms with Crippen molar-refractivity contribution in [1.82, 2.24) is 0 Å². The lowest BCUT2D eigenvalue weighted by atomic mass is 9.82. The van der Waals surface area contributed by atoms with Gasteiger partial charge in [0.05, 0.1) is 12.0 Å². The van der Waals surface area contributed by atoms with E-state index in [1.807, 2.05) is 13.8 Å². The summed E-state index contributed by atoms with van der Waals surface area (Å²) in [4.78, 5) is 0. The predicted molar refractivity (Wildman–Crippen MR) is 52.6 cm³/mol. The van der Waals surface area contributed by atoms with Crippen molar-refractivity contribution in [3.05, 3.63) is 0 Å². The van der Waals surface area contributed by atoms with E-state index in [9.17, 15) is 13.2 Å². The van der Waals surface area contributed by atoms with Crippen molar-refractivity contribution < 1.29 is 17.9 Å². The molecule has 0 aromatic heterocycles. The summed E-state index contributed by atoms with van der Waals surface area (Å²) in [6, 6.07) is 0. The summed E-state index contributed by atoms with van der Waals surface area (Å²) in [6.07, 6.45) is -1.98. The van der Waals surface area contributed by atoms with Crippen molar-refractivity contribution in [2.75, 3.05) is 6.61 Å². The van der Waals surface area contributed by atoms with Crippen molar-refractivity contribution in [2.45, 2.75) is 51.8 Å². The minimum absolute atomic E-state index is 0.172. The molecule has 1 nitrogen and oxygen atoms in total. The van der Waals surface area contributed by atoms with E-state index in [2.05, 4.69) is 0 Å². The summed E-state index contributed by atoms with van der Waals surface area (Å²) in [7, 11) is 0. The number of rotatable bonds is 3. The number of ether oxygens (including phenoxy) is 1. The Bertz CT molecular complexity index is 181. The van der Waals surface area contributed by atoms with Crippen LogP contribution in [0, 0.1) is 11.8 Å². The van der Waals surface area contributed by atoms with Crippen molar-refractivity contribution >= 4 is 0 Å². The summed E-state index contributed by atoms with van der Waals surface area (Å²) < 4.78 is 42.5. The Kier molecular flexibility index (Phi) is 4.44. The molecule has 0 N–H and O–H groups in total. The third-order valence-corrected chi connectivity index (χ3v) is 2.97. The van der Waals surface area contributed by atoms with E-state index >= 15 is 0 Å². The van der Waals surface area contributed by atoms with Gasteiger partial charge in [0.15, 0.2) is 0 Å². The van der Waals surface area contributed by atoms with Gasteiger partial charge < -0.3 is 4.74 Å². The smallest absolute Gasteiger partial charge is 0.379 e. The molecule has 0 heterocycles. The third kappa shape index (κ3) is 4.41. The minimum Gasteiger partial charge on any atom is -0.379 e. The van der Waals surface area contributed by atoms with E-state index in [-0.39, 0.29) is 18.9 Å². The van der Waals surface area contributed by atoms with Crippen LogP contribution in [0.4, 0.5) is 13.2 Å². The van der Waals surface area contributed by atoms with Crippen LogP contribution in [0.3, 0.4) is 0 Å². The van der Waals surface area contributed by atoms with Gasteiger partial charge in [-0.2, -0.15) is 13.2 Å². The zero-order valence-electron chi connectivity index (χ0n) is 9.31. The van der Waals surface area contributed by atoms with Crippen LogP contribution in [0.15, 0.2) is 0 Å². The van der Waals surface area contributed by atoms with Crippen LogP contribution in [-0.4, -0.2) is 18.9 Å². The Morgan fingerprint density at radius 1 is 1.13 bits per heavy atom. The summed E-state index contributed by atoms with van der Waals surface area (Å²) in [5, 5.41) is 0. The molecule has 0 aliphatic heterocycles. The maximum Gasteiger partial charge on any atom is 0.391 e. The van der Waals surface area contributed by atoms with Crippen molar-refractivity contribution in [1.29, 1.82) is 0 Å². The van der Waals surface area contributed by atoms with Gasteiger partial charge in [0.1, 0.15) is 0 Å². The predicted octanol–water partition coefficient (Wildman–Crippen LogP) is 3.78. The molecule has 1 saturated carbocycles. The van der Waals surface area contributed by atoms with Gasteiger partial charge in [-0.3, -0.25) is 0 Å². The average molecular weight is 224 g/mol. The molecule has 90 valence electrons. The topological polar surface area (TPSA) is 9.23 Å². The van der Waals surface area contributed by atoms with Gasteiger partial charge in [-0.1, -0.05) is 0 Å². The Morgan fingerprint density at radius 2 is 1.67 bits per heavy atom. The number of hydrogen-bond donors (Lipinski definition) is 0. The normalized spacial score (nSPS) is 28.4. The zero-order valence-corrected chi connectivity index (χ0v) is 9.31. The monoisotopic (exact) mass is 224 g/mol. The van der Waals surface area contributed by atoms with Crippen LogP contribution in [0.1, 0.15) is 39.5 Å². The first-order valence-corrected chi connectivity index (χ1v) is 5.58. The maximum absolute atomic E-state index is 12.4. The second-order valence-electron chi connectivity index (χ2n) is 4.64. The molecule has 0 aromatic carbocycles. The fourth-order valence-corrected chi connectivity index (χ4v) is 1.98.